The number of rotatable bonds is 4. The van der Waals surface area contributed by atoms with Crippen molar-refractivity contribution in [1.29, 1.82) is 0 Å². The number of carbonyl (C=O) groups is 1. The Morgan fingerprint density at radius 3 is 2.95 bits per heavy atom. The molecule has 1 aromatic carbocycles. The quantitative estimate of drug-likeness (QED) is 0.867. The minimum absolute atomic E-state index is 0.176. The fourth-order valence-corrected chi connectivity index (χ4v) is 2.49. The average molecular weight is 293 g/mol. The van der Waals surface area contributed by atoms with Crippen molar-refractivity contribution < 1.29 is 19.0 Å². The summed E-state index contributed by atoms with van der Waals surface area (Å²) in [7, 11) is 0. The highest BCUT2D eigenvalue weighted by Crippen LogP contribution is 2.20. The molecule has 0 atom stereocenters. The van der Waals surface area contributed by atoms with Crippen molar-refractivity contribution >= 4 is 12.0 Å². The van der Waals surface area contributed by atoms with Crippen LogP contribution in [0.2, 0.25) is 0 Å². The number of carboxylic acids is 1. The normalized spacial score (nSPS) is 19.0. The molecule has 1 fully saturated rings. The number of nitrogens with zero attached hydrogens (tertiary/aromatic N) is 1. The Hall–Kier alpha value is -1.72. The SMILES string of the molecule is CC1(C)CN(Cc2ccc(F)c(C=CC(=O)O)c2)CCO1. The molecular weight excluding hydrogens is 273 g/mol. The van der Waals surface area contributed by atoms with Crippen LogP contribution in [-0.4, -0.2) is 41.3 Å². The lowest BCUT2D eigenvalue weighted by Crippen LogP contribution is -2.47. The van der Waals surface area contributed by atoms with E-state index in [9.17, 15) is 9.18 Å². The Balaban J connectivity index is 2.10. The van der Waals surface area contributed by atoms with Crippen molar-refractivity contribution in [3.63, 3.8) is 0 Å². The lowest BCUT2D eigenvalue weighted by atomic mass is 10.1. The van der Waals surface area contributed by atoms with Gasteiger partial charge in [-0.1, -0.05) is 6.07 Å². The van der Waals surface area contributed by atoms with Crippen LogP contribution < -0.4 is 0 Å². The number of halogens is 1. The van der Waals surface area contributed by atoms with E-state index in [4.69, 9.17) is 9.84 Å². The van der Waals surface area contributed by atoms with E-state index in [0.29, 0.717) is 18.7 Å². The maximum atomic E-state index is 13.6. The topological polar surface area (TPSA) is 49.8 Å². The summed E-state index contributed by atoms with van der Waals surface area (Å²) in [5.74, 6) is -1.51. The van der Waals surface area contributed by atoms with Crippen molar-refractivity contribution in [3.8, 4) is 0 Å². The zero-order chi connectivity index (χ0) is 15.5. The standard InChI is InChI=1S/C16H20FNO3/c1-16(2)11-18(7-8-21-16)10-12-3-5-14(17)13(9-12)4-6-15(19)20/h3-6,9H,7-8,10-11H2,1-2H3,(H,19,20). The first-order chi connectivity index (χ1) is 9.85. The maximum absolute atomic E-state index is 13.6. The van der Waals surface area contributed by atoms with Gasteiger partial charge in [-0.15, -0.1) is 0 Å². The first-order valence-electron chi connectivity index (χ1n) is 6.91. The molecule has 0 amide bonds. The van der Waals surface area contributed by atoms with Gasteiger partial charge in [0.25, 0.3) is 0 Å². The van der Waals surface area contributed by atoms with Crippen molar-refractivity contribution in [2.24, 2.45) is 0 Å². The first-order valence-corrected chi connectivity index (χ1v) is 6.91. The van der Waals surface area contributed by atoms with Crippen LogP contribution in [0.5, 0.6) is 0 Å². The third-order valence-electron chi connectivity index (χ3n) is 3.38. The molecule has 2 rings (SSSR count). The molecule has 1 aliphatic heterocycles. The second-order valence-electron chi connectivity index (χ2n) is 5.85. The maximum Gasteiger partial charge on any atom is 0.328 e. The molecule has 1 N–H and O–H groups in total. The van der Waals surface area contributed by atoms with Gasteiger partial charge in [-0.3, -0.25) is 4.90 Å². The van der Waals surface area contributed by atoms with Gasteiger partial charge in [-0.05, 0) is 37.6 Å². The Labute approximate surface area is 123 Å². The minimum atomic E-state index is -1.09. The molecule has 4 nitrogen and oxygen atoms in total. The highest BCUT2D eigenvalue weighted by molar-refractivity contribution is 5.85. The predicted octanol–water partition coefficient (Wildman–Crippen LogP) is 2.53. The van der Waals surface area contributed by atoms with Gasteiger partial charge in [-0.25, -0.2) is 9.18 Å². The van der Waals surface area contributed by atoms with Gasteiger partial charge in [0.15, 0.2) is 0 Å². The molecule has 0 unspecified atom stereocenters. The highest BCUT2D eigenvalue weighted by atomic mass is 19.1. The third kappa shape index (κ3) is 4.65. The van der Waals surface area contributed by atoms with Crippen LogP contribution in [0.1, 0.15) is 25.0 Å². The first kappa shape index (κ1) is 15.7. The summed E-state index contributed by atoms with van der Waals surface area (Å²) in [4.78, 5) is 12.8. The van der Waals surface area contributed by atoms with Gasteiger partial charge in [0, 0.05) is 31.3 Å². The number of carboxylic acid groups (broad SMARTS) is 1. The summed E-state index contributed by atoms with van der Waals surface area (Å²) in [5, 5.41) is 8.62. The Morgan fingerprint density at radius 1 is 1.52 bits per heavy atom. The van der Waals surface area contributed by atoms with E-state index >= 15 is 0 Å². The molecular formula is C16H20FNO3. The van der Waals surface area contributed by atoms with Gasteiger partial charge in [-0.2, -0.15) is 0 Å². The summed E-state index contributed by atoms with van der Waals surface area (Å²) in [5.41, 5.74) is 1.08. The van der Waals surface area contributed by atoms with Gasteiger partial charge < -0.3 is 9.84 Å². The van der Waals surface area contributed by atoms with E-state index < -0.39 is 11.8 Å². The van der Waals surface area contributed by atoms with E-state index in [1.165, 1.54) is 12.1 Å². The van der Waals surface area contributed by atoms with Crippen LogP contribution in [0.3, 0.4) is 0 Å². The van der Waals surface area contributed by atoms with Gasteiger partial charge >= 0.3 is 5.97 Å². The van der Waals surface area contributed by atoms with Crippen molar-refractivity contribution in [2.45, 2.75) is 26.0 Å². The number of hydrogen-bond donors (Lipinski definition) is 1. The monoisotopic (exact) mass is 293 g/mol. The molecule has 0 spiro atoms. The number of hydrogen-bond acceptors (Lipinski definition) is 3. The number of benzene rings is 1. The Bertz CT molecular complexity index is 554. The van der Waals surface area contributed by atoms with Crippen LogP contribution in [0.25, 0.3) is 6.08 Å². The molecule has 114 valence electrons. The van der Waals surface area contributed by atoms with Gasteiger partial charge in [0.1, 0.15) is 5.82 Å². The van der Waals surface area contributed by atoms with Crippen LogP contribution in [0.4, 0.5) is 4.39 Å². The molecule has 1 aliphatic rings. The van der Waals surface area contributed by atoms with Gasteiger partial charge in [0.2, 0.25) is 0 Å². The average Bonchev–Trinajstić information content (AvgIpc) is 2.38. The van der Waals surface area contributed by atoms with E-state index in [-0.39, 0.29) is 5.60 Å². The van der Waals surface area contributed by atoms with Crippen LogP contribution in [0, 0.1) is 5.82 Å². The molecule has 21 heavy (non-hydrogen) atoms. The van der Waals surface area contributed by atoms with Crippen molar-refractivity contribution in [3.05, 3.63) is 41.2 Å². The van der Waals surface area contributed by atoms with Crippen molar-refractivity contribution in [1.82, 2.24) is 4.90 Å². The molecule has 0 saturated carbocycles. The molecule has 1 heterocycles. The smallest absolute Gasteiger partial charge is 0.328 e. The number of aliphatic carboxylic acids is 1. The second-order valence-corrected chi connectivity index (χ2v) is 5.85. The second kappa shape index (κ2) is 6.37. The summed E-state index contributed by atoms with van der Waals surface area (Å²) in [6.45, 7) is 7.11. The molecule has 1 aromatic rings. The van der Waals surface area contributed by atoms with E-state index in [0.717, 1.165) is 24.7 Å². The Morgan fingerprint density at radius 2 is 2.29 bits per heavy atom. The number of morpholine rings is 1. The molecule has 0 bridgehead atoms. The van der Waals surface area contributed by atoms with E-state index in [1.807, 2.05) is 13.8 Å². The summed E-state index contributed by atoms with van der Waals surface area (Å²) < 4.78 is 19.3. The fourth-order valence-electron chi connectivity index (χ4n) is 2.49. The summed E-state index contributed by atoms with van der Waals surface area (Å²) in [6, 6.07) is 4.80. The summed E-state index contributed by atoms with van der Waals surface area (Å²) >= 11 is 0. The fraction of sp³-hybridized carbons (Fsp3) is 0.438. The molecule has 0 radical (unpaired) electrons. The zero-order valence-electron chi connectivity index (χ0n) is 12.3. The van der Waals surface area contributed by atoms with Gasteiger partial charge in [0.05, 0.1) is 12.2 Å². The predicted molar refractivity (Wildman–Crippen MR) is 78.4 cm³/mol. The largest absolute Gasteiger partial charge is 0.478 e. The molecule has 5 heteroatoms. The Kier molecular flexibility index (Phi) is 4.75. The zero-order valence-corrected chi connectivity index (χ0v) is 12.3. The van der Waals surface area contributed by atoms with Crippen LogP contribution >= 0.6 is 0 Å². The molecule has 1 saturated heterocycles. The highest BCUT2D eigenvalue weighted by Gasteiger charge is 2.26. The lowest BCUT2D eigenvalue weighted by Gasteiger charge is -2.38. The van der Waals surface area contributed by atoms with E-state index in [1.54, 1.807) is 12.1 Å². The van der Waals surface area contributed by atoms with Crippen LogP contribution in [0.15, 0.2) is 24.3 Å². The number of ether oxygens (including phenoxy) is 1. The van der Waals surface area contributed by atoms with Crippen LogP contribution in [-0.2, 0) is 16.1 Å². The van der Waals surface area contributed by atoms with Crippen molar-refractivity contribution in [2.75, 3.05) is 19.7 Å². The molecule has 0 aliphatic carbocycles. The summed E-state index contributed by atoms with van der Waals surface area (Å²) in [6.07, 6.45) is 2.23. The third-order valence-corrected chi connectivity index (χ3v) is 3.38. The lowest BCUT2D eigenvalue weighted by molar-refractivity contribution is -0.131. The van der Waals surface area contributed by atoms with E-state index in [2.05, 4.69) is 4.90 Å². The minimum Gasteiger partial charge on any atom is -0.478 e. The molecule has 0 aromatic heterocycles.